The van der Waals surface area contributed by atoms with Gasteiger partial charge in [-0.05, 0) is 17.5 Å². The van der Waals surface area contributed by atoms with E-state index < -0.39 is 22.8 Å². The lowest BCUT2D eigenvalue weighted by atomic mass is 10.0. The lowest BCUT2D eigenvalue weighted by molar-refractivity contribution is -0.138. The molecule has 7 nitrogen and oxygen atoms in total. The summed E-state index contributed by atoms with van der Waals surface area (Å²) >= 11 is 0. The van der Waals surface area contributed by atoms with Gasteiger partial charge in [0.25, 0.3) is 0 Å². The summed E-state index contributed by atoms with van der Waals surface area (Å²) in [6.07, 6.45) is 0.219. The first-order chi connectivity index (χ1) is 12.5. The summed E-state index contributed by atoms with van der Waals surface area (Å²) in [6.45, 7) is 0. The molecule has 2 unspecified atom stereocenters. The van der Waals surface area contributed by atoms with E-state index in [1.165, 1.54) is 0 Å². The van der Waals surface area contributed by atoms with Crippen molar-refractivity contribution in [1.82, 2.24) is 15.2 Å². The van der Waals surface area contributed by atoms with Crippen molar-refractivity contribution in [1.29, 1.82) is 0 Å². The molecule has 0 fully saturated rings. The van der Waals surface area contributed by atoms with E-state index in [4.69, 9.17) is 10.8 Å². The molecular weight excluding hydrogens is 352 g/mol. The molecule has 134 valence electrons. The van der Waals surface area contributed by atoms with Crippen molar-refractivity contribution in [3.8, 4) is 11.4 Å². The molecule has 0 aliphatic carbocycles. The predicted octanol–water partition coefficient (Wildman–Crippen LogP) is 1.73. The molecule has 2 aromatic carbocycles. The maximum absolute atomic E-state index is 12.6. The summed E-state index contributed by atoms with van der Waals surface area (Å²) in [4.78, 5) is 15.2. The normalized spacial score (nSPS) is 13.3. The number of aliphatic carboxylic acids is 1. The number of carbonyl (C=O) groups is 1. The predicted molar refractivity (Wildman–Crippen MR) is 97.7 cm³/mol. The molecule has 1 aromatic heterocycles. The summed E-state index contributed by atoms with van der Waals surface area (Å²) in [7, 11) is -1.39. The van der Waals surface area contributed by atoms with Gasteiger partial charge in [0.05, 0.1) is 16.6 Å². The van der Waals surface area contributed by atoms with Crippen LogP contribution < -0.4 is 5.73 Å². The Morgan fingerprint density at radius 2 is 1.88 bits per heavy atom. The van der Waals surface area contributed by atoms with Crippen molar-refractivity contribution in [3.05, 3.63) is 65.7 Å². The van der Waals surface area contributed by atoms with Crippen LogP contribution in [0.2, 0.25) is 0 Å². The Labute approximate surface area is 152 Å². The summed E-state index contributed by atoms with van der Waals surface area (Å²) in [6, 6.07) is 15.7. The maximum atomic E-state index is 12.6. The van der Waals surface area contributed by atoms with Crippen LogP contribution in [0, 0.1) is 0 Å². The minimum absolute atomic E-state index is 0.219. The Kier molecular flexibility index (Phi) is 5.55. The fourth-order valence-electron chi connectivity index (χ4n) is 2.47. The lowest BCUT2D eigenvalue weighted by Gasteiger charge is -2.08. The number of nitrogens with zero attached hydrogens (tertiary/aromatic N) is 2. The van der Waals surface area contributed by atoms with Crippen LogP contribution >= 0.6 is 0 Å². The third kappa shape index (κ3) is 4.41. The summed E-state index contributed by atoms with van der Waals surface area (Å²) in [5.74, 6) is -0.302. The summed E-state index contributed by atoms with van der Waals surface area (Å²) < 4.78 is 12.6. The van der Waals surface area contributed by atoms with E-state index in [0.29, 0.717) is 11.0 Å². The largest absolute Gasteiger partial charge is 0.480 e. The standard InChI is InChI=1S/C18H18N4O3S/c19-15(17(23)24)10-12-5-4-6-13(9-12)11-26(25)18-20-16(21-22-18)14-7-2-1-3-8-14/h1-9,15H,10-11,19H2,(H,23,24)(H,20,21,22). The third-order valence-corrected chi connectivity index (χ3v) is 4.98. The molecule has 0 aliphatic rings. The van der Waals surface area contributed by atoms with Crippen LogP contribution in [-0.4, -0.2) is 36.5 Å². The monoisotopic (exact) mass is 370 g/mol. The Morgan fingerprint density at radius 3 is 2.62 bits per heavy atom. The first-order valence-electron chi connectivity index (χ1n) is 7.95. The zero-order valence-electron chi connectivity index (χ0n) is 13.8. The van der Waals surface area contributed by atoms with Gasteiger partial charge < -0.3 is 10.8 Å². The van der Waals surface area contributed by atoms with Crippen LogP contribution in [0.4, 0.5) is 0 Å². The van der Waals surface area contributed by atoms with Crippen molar-refractivity contribution in [3.63, 3.8) is 0 Å². The van der Waals surface area contributed by atoms with E-state index in [0.717, 1.165) is 16.7 Å². The number of carboxylic acid groups (broad SMARTS) is 1. The fourth-order valence-corrected chi connectivity index (χ4v) is 3.43. The number of hydrogen-bond donors (Lipinski definition) is 3. The number of nitrogens with two attached hydrogens (primary N) is 1. The minimum Gasteiger partial charge on any atom is -0.480 e. The van der Waals surface area contributed by atoms with Crippen LogP contribution in [-0.2, 0) is 27.8 Å². The van der Waals surface area contributed by atoms with Crippen LogP contribution in [0.1, 0.15) is 11.1 Å². The highest BCUT2D eigenvalue weighted by Crippen LogP contribution is 2.17. The van der Waals surface area contributed by atoms with Gasteiger partial charge in [-0.15, -0.1) is 0 Å². The van der Waals surface area contributed by atoms with E-state index in [-0.39, 0.29) is 12.2 Å². The molecular formula is C18H18N4O3S. The molecule has 0 saturated carbocycles. The number of hydrogen-bond acceptors (Lipinski definition) is 5. The third-order valence-electron chi connectivity index (χ3n) is 3.77. The molecule has 0 radical (unpaired) electrons. The Balaban J connectivity index is 1.70. The van der Waals surface area contributed by atoms with Gasteiger partial charge in [0.1, 0.15) is 6.04 Å². The van der Waals surface area contributed by atoms with Crippen molar-refractivity contribution in [2.75, 3.05) is 0 Å². The molecule has 1 heterocycles. The van der Waals surface area contributed by atoms with Crippen molar-refractivity contribution in [2.24, 2.45) is 5.73 Å². The Bertz CT molecular complexity index is 927. The van der Waals surface area contributed by atoms with Crippen molar-refractivity contribution in [2.45, 2.75) is 23.4 Å². The van der Waals surface area contributed by atoms with Gasteiger partial charge in [-0.2, -0.15) is 10.1 Å². The minimum atomic E-state index is -1.39. The van der Waals surface area contributed by atoms with Crippen LogP contribution in [0.3, 0.4) is 0 Å². The van der Waals surface area contributed by atoms with E-state index >= 15 is 0 Å². The second-order valence-corrected chi connectivity index (χ2v) is 7.16. The van der Waals surface area contributed by atoms with Gasteiger partial charge in [-0.25, -0.2) is 0 Å². The second-order valence-electron chi connectivity index (χ2n) is 5.79. The van der Waals surface area contributed by atoms with Crippen LogP contribution in [0.5, 0.6) is 0 Å². The summed E-state index contributed by atoms with van der Waals surface area (Å²) in [5, 5.41) is 16.1. The quantitative estimate of drug-likeness (QED) is 0.582. The second kappa shape index (κ2) is 8.03. The topological polar surface area (TPSA) is 122 Å². The average molecular weight is 370 g/mol. The van der Waals surface area contributed by atoms with Gasteiger partial charge >= 0.3 is 5.97 Å². The molecule has 3 aromatic rings. The maximum Gasteiger partial charge on any atom is 0.320 e. The highest BCUT2D eigenvalue weighted by Gasteiger charge is 2.14. The molecule has 3 rings (SSSR count). The highest BCUT2D eigenvalue weighted by molar-refractivity contribution is 7.84. The molecule has 0 bridgehead atoms. The van der Waals surface area contributed by atoms with Gasteiger partial charge in [0, 0.05) is 5.56 Å². The number of carboxylic acids is 1. The van der Waals surface area contributed by atoms with Crippen molar-refractivity contribution < 1.29 is 14.1 Å². The number of H-pyrrole nitrogens is 1. The lowest BCUT2D eigenvalue weighted by Crippen LogP contribution is -2.32. The van der Waals surface area contributed by atoms with Crippen LogP contribution in [0.15, 0.2) is 59.8 Å². The molecule has 26 heavy (non-hydrogen) atoms. The molecule has 8 heteroatoms. The Morgan fingerprint density at radius 1 is 1.15 bits per heavy atom. The van der Waals surface area contributed by atoms with Crippen LogP contribution in [0.25, 0.3) is 11.4 Å². The summed E-state index contributed by atoms with van der Waals surface area (Å²) in [5.41, 5.74) is 8.01. The number of aromatic amines is 1. The first kappa shape index (κ1) is 18.0. The molecule has 0 spiro atoms. The molecule has 2 atom stereocenters. The van der Waals surface area contributed by atoms with E-state index in [2.05, 4.69) is 15.2 Å². The SMILES string of the molecule is NC(Cc1cccc(CS(=O)c2nc(-c3ccccc3)n[nH]2)c1)C(=O)O. The van der Waals surface area contributed by atoms with E-state index in [1.807, 2.05) is 42.5 Å². The van der Waals surface area contributed by atoms with E-state index in [1.54, 1.807) is 12.1 Å². The zero-order chi connectivity index (χ0) is 18.5. The highest BCUT2D eigenvalue weighted by atomic mass is 32.2. The average Bonchev–Trinajstić information content (AvgIpc) is 3.13. The first-order valence-corrected chi connectivity index (χ1v) is 9.27. The number of aromatic nitrogens is 3. The van der Waals surface area contributed by atoms with Gasteiger partial charge in [0.15, 0.2) is 5.82 Å². The molecule has 0 amide bonds. The zero-order valence-corrected chi connectivity index (χ0v) is 14.6. The molecule has 0 aliphatic heterocycles. The van der Waals surface area contributed by atoms with Gasteiger partial charge in [0.2, 0.25) is 5.16 Å². The van der Waals surface area contributed by atoms with Gasteiger partial charge in [-0.3, -0.25) is 14.1 Å². The van der Waals surface area contributed by atoms with Crippen molar-refractivity contribution >= 4 is 16.8 Å². The number of nitrogens with one attached hydrogen (secondary N) is 1. The fraction of sp³-hybridized carbons (Fsp3) is 0.167. The smallest absolute Gasteiger partial charge is 0.320 e. The van der Waals surface area contributed by atoms with Gasteiger partial charge in [-0.1, -0.05) is 54.6 Å². The number of rotatable bonds is 7. The molecule has 4 N–H and O–H groups in total. The number of benzene rings is 2. The van der Waals surface area contributed by atoms with E-state index in [9.17, 15) is 9.00 Å². The molecule has 0 saturated heterocycles. The Hall–Kier alpha value is -2.84.